The van der Waals surface area contributed by atoms with Crippen molar-refractivity contribution in [2.24, 2.45) is 7.05 Å². The summed E-state index contributed by atoms with van der Waals surface area (Å²) < 4.78 is 14.9. The van der Waals surface area contributed by atoms with Crippen LogP contribution in [0.1, 0.15) is 28.3 Å². The summed E-state index contributed by atoms with van der Waals surface area (Å²) in [5.41, 5.74) is 5.07. The molecule has 4 aromatic rings. The van der Waals surface area contributed by atoms with Crippen molar-refractivity contribution >= 4 is 16.8 Å². The Hall–Kier alpha value is -3.58. The van der Waals surface area contributed by atoms with Gasteiger partial charge in [-0.1, -0.05) is 36.4 Å². The van der Waals surface area contributed by atoms with Crippen molar-refractivity contribution < 1.29 is 9.18 Å². The second-order valence-corrected chi connectivity index (χ2v) is 8.60. The molecule has 1 amide bonds. The van der Waals surface area contributed by atoms with Crippen LogP contribution in [0.3, 0.4) is 0 Å². The molecule has 7 heteroatoms. The minimum absolute atomic E-state index is 0.0298. The van der Waals surface area contributed by atoms with Gasteiger partial charge in [0, 0.05) is 56.6 Å². The fourth-order valence-electron chi connectivity index (χ4n) is 4.59. The molecule has 0 radical (unpaired) electrons. The number of rotatable bonds is 6. The molecule has 0 fully saturated rings. The number of nitrogens with zero attached hydrogens (tertiary/aromatic N) is 4. The zero-order valence-electron chi connectivity index (χ0n) is 18.5. The number of aryl methyl sites for hydroxylation is 1. The lowest BCUT2D eigenvalue weighted by atomic mass is 9.95. The molecule has 33 heavy (non-hydrogen) atoms. The number of carbonyl (C=O) groups excluding carboxylic acids is 1. The van der Waals surface area contributed by atoms with E-state index >= 15 is 0 Å². The Bertz CT molecular complexity index is 1280. The van der Waals surface area contributed by atoms with E-state index in [1.165, 1.54) is 12.1 Å². The van der Waals surface area contributed by atoms with E-state index in [1.54, 1.807) is 16.8 Å². The largest absolute Gasteiger partial charge is 0.355 e. The van der Waals surface area contributed by atoms with E-state index in [2.05, 4.69) is 44.6 Å². The maximum Gasteiger partial charge on any atom is 0.230 e. The number of para-hydroxylation sites is 1. The number of carbonyl (C=O) groups is 1. The first-order valence-electron chi connectivity index (χ1n) is 11.2. The molecule has 2 aromatic heterocycles. The number of benzene rings is 2. The standard InChI is InChI=1S/C26H26FN5O/c1-31-14-21-16-32(15-20-5-2-4-19-6-3-12-28-24(19)20)17-23(25(21)30-31)26(33)29-13-11-18-7-9-22(27)10-8-18/h2-10,12,14,23H,11,13,15-17H2,1H3,(H,29,33)/t23-/m0/s1. The molecule has 0 aliphatic carbocycles. The van der Waals surface area contributed by atoms with Gasteiger partial charge < -0.3 is 5.32 Å². The summed E-state index contributed by atoms with van der Waals surface area (Å²) in [7, 11) is 1.89. The summed E-state index contributed by atoms with van der Waals surface area (Å²) in [5, 5.41) is 8.77. The molecule has 0 saturated carbocycles. The number of amides is 1. The molecule has 5 rings (SSSR count). The highest BCUT2D eigenvalue weighted by molar-refractivity contribution is 5.84. The summed E-state index contributed by atoms with van der Waals surface area (Å²) >= 11 is 0. The SMILES string of the molecule is Cn1cc2c(n1)[C@@H](C(=O)NCCc1ccc(F)cc1)CN(Cc1cccc3cccnc13)C2. The van der Waals surface area contributed by atoms with Crippen molar-refractivity contribution in [3.8, 4) is 0 Å². The normalized spacial score (nSPS) is 16.0. The van der Waals surface area contributed by atoms with Crippen LogP contribution in [-0.2, 0) is 31.4 Å². The fraction of sp³-hybridized carbons (Fsp3) is 0.269. The Balaban J connectivity index is 1.31. The maximum atomic E-state index is 13.2. The number of halogens is 1. The van der Waals surface area contributed by atoms with E-state index in [0.717, 1.165) is 39.8 Å². The van der Waals surface area contributed by atoms with Crippen molar-refractivity contribution in [1.29, 1.82) is 0 Å². The molecule has 6 nitrogen and oxygen atoms in total. The summed E-state index contributed by atoms with van der Waals surface area (Å²) in [6.45, 7) is 2.54. The highest BCUT2D eigenvalue weighted by Crippen LogP contribution is 2.29. The first kappa shape index (κ1) is 21.3. The van der Waals surface area contributed by atoms with Gasteiger partial charge in [0.15, 0.2) is 0 Å². The molecule has 1 aliphatic rings. The summed E-state index contributed by atoms with van der Waals surface area (Å²) in [6, 6.07) is 16.6. The van der Waals surface area contributed by atoms with Crippen LogP contribution in [0.4, 0.5) is 4.39 Å². The number of nitrogens with one attached hydrogen (secondary N) is 1. The van der Waals surface area contributed by atoms with Crippen molar-refractivity contribution in [3.05, 3.63) is 95.2 Å². The van der Waals surface area contributed by atoms with Crippen molar-refractivity contribution in [1.82, 2.24) is 25.0 Å². The highest BCUT2D eigenvalue weighted by Gasteiger charge is 2.33. The fourth-order valence-corrected chi connectivity index (χ4v) is 4.59. The zero-order chi connectivity index (χ0) is 22.8. The first-order chi connectivity index (χ1) is 16.1. The second kappa shape index (κ2) is 9.11. The zero-order valence-corrected chi connectivity index (χ0v) is 18.5. The third-order valence-corrected chi connectivity index (χ3v) is 6.15. The number of hydrogen-bond donors (Lipinski definition) is 1. The molecule has 168 valence electrons. The lowest BCUT2D eigenvalue weighted by Gasteiger charge is -2.31. The second-order valence-electron chi connectivity index (χ2n) is 8.60. The van der Waals surface area contributed by atoms with Gasteiger partial charge in [-0.25, -0.2) is 4.39 Å². The molecule has 0 spiro atoms. The van der Waals surface area contributed by atoms with Gasteiger partial charge in [0.1, 0.15) is 5.82 Å². The van der Waals surface area contributed by atoms with Gasteiger partial charge in [0.05, 0.1) is 17.1 Å². The van der Waals surface area contributed by atoms with Gasteiger partial charge in [-0.15, -0.1) is 0 Å². The monoisotopic (exact) mass is 443 g/mol. The van der Waals surface area contributed by atoms with E-state index in [9.17, 15) is 9.18 Å². The molecule has 0 bridgehead atoms. The minimum Gasteiger partial charge on any atom is -0.355 e. The van der Waals surface area contributed by atoms with E-state index < -0.39 is 0 Å². The minimum atomic E-state index is -0.342. The van der Waals surface area contributed by atoms with Gasteiger partial charge in [0.2, 0.25) is 5.91 Å². The van der Waals surface area contributed by atoms with E-state index in [1.807, 2.05) is 25.5 Å². The van der Waals surface area contributed by atoms with Gasteiger partial charge in [0.25, 0.3) is 0 Å². The van der Waals surface area contributed by atoms with Crippen molar-refractivity contribution in [3.63, 3.8) is 0 Å². The number of aromatic nitrogens is 3. The molecule has 2 aromatic carbocycles. The van der Waals surface area contributed by atoms with E-state index in [4.69, 9.17) is 0 Å². The predicted molar refractivity (Wildman–Crippen MR) is 125 cm³/mol. The Morgan fingerprint density at radius 3 is 2.82 bits per heavy atom. The summed E-state index contributed by atoms with van der Waals surface area (Å²) in [4.78, 5) is 20.0. The summed E-state index contributed by atoms with van der Waals surface area (Å²) in [5.74, 6) is -0.627. The lowest BCUT2D eigenvalue weighted by molar-refractivity contribution is -0.123. The van der Waals surface area contributed by atoms with Crippen LogP contribution in [0.5, 0.6) is 0 Å². The Labute approximate surface area is 192 Å². The molecule has 1 atom stereocenters. The van der Waals surface area contributed by atoms with Crippen LogP contribution < -0.4 is 5.32 Å². The Morgan fingerprint density at radius 2 is 1.97 bits per heavy atom. The number of pyridine rings is 1. The third kappa shape index (κ3) is 4.64. The Kier molecular flexibility index (Phi) is 5.88. The van der Waals surface area contributed by atoms with Crippen molar-refractivity contribution in [2.45, 2.75) is 25.4 Å². The lowest BCUT2D eigenvalue weighted by Crippen LogP contribution is -2.41. The molecular weight excluding hydrogens is 417 g/mol. The number of hydrogen-bond acceptors (Lipinski definition) is 4. The summed E-state index contributed by atoms with van der Waals surface area (Å²) in [6.07, 6.45) is 4.47. The molecule has 1 N–H and O–H groups in total. The van der Waals surface area contributed by atoms with Crippen molar-refractivity contribution in [2.75, 3.05) is 13.1 Å². The van der Waals surface area contributed by atoms with Gasteiger partial charge in [-0.2, -0.15) is 5.10 Å². The molecule has 3 heterocycles. The topological polar surface area (TPSA) is 63.1 Å². The number of fused-ring (bicyclic) bond motifs is 2. The van der Waals surface area contributed by atoms with Crippen LogP contribution in [0, 0.1) is 5.82 Å². The molecule has 0 unspecified atom stereocenters. The Morgan fingerprint density at radius 1 is 1.15 bits per heavy atom. The van der Waals surface area contributed by atoms with Crippen LogP contribution in [0.2, 0.25) is 0 Å². The van der Waals surface area contributed by atoms with E-state index in [0.29, 0.717) is 26.1 Å². The van der Waals surface area contributed by atoms with Gasteiger partial charge >= 0.3 is 0 Å². The predicted octanol–water partition coefficient (Wildman–Crippen LogP) is 3.57. The first-order valence-corrected chi connectivity index (χ1v) is 11.2. The maximum absolute atomic E-state index is 13.2. The smallest absolute Gasteiger partial charge is 0.230 e. The quantitative estimate of drug-likeness (QED) is 0.495. The molecule has 0 saturated heterocycles. The van der Waals surface area contributed by atoms with Crippen LogP contribution >= 0.6 is 0 Å². The van der Waals surface area contributed by atoms with E-state index in [-0.39, 0.29) is 17.6 Å². The van der Waals surface area contributed by atoms with Crippen LogP contribution in [0.25, 0.3) is 10.9 Å². The molecular formula is C26H26FN5O. The van der Waals surface area contributed by atoms with Crippen LogP contribution in [0.15, 0.2) is 67.0 Å². The van der Waals surface area contributed by atoms with Gasteiger partial charge in [-0.3, -0.25) is 19.4 Å². The third-order valence-electron chi connectivity index (χ3n) is 6.15. The average molecular weight is 444 g/mol. The highest BCUT2D eigenvalue weighted by atomic mass is 19.1. The van der Waals surface area contributed by atoms with Crippen LogP contribution in [-0.4, -0.2) is 38.7 Å². The van der Waals surface area contributed by atoms with Gasteiger partial charge in [-0.05, 0) is 35.7 Å². The molecule has 1 aliphatic heterocycles. The average Bonchev–Trinajstić information content (AvgIpc) is 3.20.